The first-order valence-electron chi connectivity index (χ1n) is 7.79. The number of nitrogens with one attached hydrogen (secondary N) is 2. The van der Waals surface area contributed by atoms with Crippen LogP contribution in [-0.4, -0.2) is 36.5 Å². The summed E-state index contributed by atoms with van der Waals surface area (Å²) in [5.41, 5.74) is 0.793. The number of carbonyl (C=O) groups excluding carboxylic acids is 1. The Balaban J connectivity index is 1.57. The fourth-order valence-electron chi connectivity index (χ4n) is 3.22. The van der Waals surface area contributed by atoms with Gasteiger partial charge < -0.3 is 20.1 Å². The van der Waals surface area contributed by atoms with Crippen LogP contribution in [0.15, 0.2) is 16.8 Å². The Morgan fingerprint density at radius 3 is 2.95 bits per heavy atom. The lowest BCUT2D eigenvalue weighted by molar-refractivity contribution is -0.0344. The van der Waals surface area contributed by atoms with Gasteiger partial charge in [-0.25, -0.2) is 4.79 Å². The van der Waals surface area contributed by atoms with Crippen LogP contribution in [0.3, 0.4) is 0 Å². The number of amides is 1. The summed E-state index contributed by atoms with van der Waals surface area (Å²) >= 11 is 1.69. The zero-order chi connectivity index (χ0) is 15.7. The zero-order valence-corrected chi connectivity index (χ0v) is 14.1. The SMILES string of the molecule is CC(C)(C)OC(=O)NC1C2CCOC2C1NCc1ccsc1. The molecule has 0 aromatic carbocycles. The molecule has 4 atom stereocenters. The average Bonchev–Trinajstić information content (AvgIpc) is 3.04. The van der Waals surface area contributed by atoms with E-state index in [0.717, 1.165) is 19.6 Å². The van der Waals surface area contributed by atoms with Crippen molar-refractivity contribution < 1.29 is 14.3 Å². The van der Waals surface area contributed by atoms with Crippen molar-refractivity contribution in [1.82, 2.24) is 10.6 Å². The van der Waals surface area contributed by atoms with E-state index in [1.165, 1.54) is 5.56 Å². The molecule has 1 amide bonds. The van der Waals surface area contributed by atoms with Gasteiger partial charge in [0.1, 0.15) is 5.60 Å². The van der Waals surface area contributed by atoms with Crippen LogP contribution in [0.1, 0.15) is 32.8 Å². The number of carbonyl (C=O) groups is 1. The molecule has 2 heterocycles. The number of thiophene rings is 1. The second-order valence-electron chi connectivity index (χ2n) is 7.00. The molecule has 0 radical (unpaired) electrons. The van der Waals surface area contributed by atoms with Crippen LogP contribution in [0.5, 0.6) is 0 Å². The summed E-state index contributed by atoms with van der Waals surface area (Å²) in [6.07, 6.45) is 0.866. The molecule has 0 spiro atoms. The minimum Gasteiger partial charge on any atom is -0.444 e. The number of ether oxygens (including phenoxy) is 2. The van der Waals surface area contributed by atoms with Gasteiger partial charge in [-0.3, -0.25) is 0 Å². The highest BCUT2D eigenvalue weighted by atomic mass is 32.1. The van der Waals surface area contributed by atoms with E-state index in [1.54, 1.807) is 11.3 Å². The molecule has 3 rings (SSSR count). The molecule has 22 heavy (non-hydrogen) atoms. The summed E-state index contributed by atoms with van der Waals surface area (Å²) in [6.45, 7) is 7.20. The first kappa shape index (κ1) is 15.8. The Bertz CT molecular complexity index is 512. The number of fused-ring (bicyclic) bond motifs is 1. The van der Waals surface area contributed by atoms with Crippen molar-refractivity contribution in [3.63, 3.8) is 0 Å². The lowest BCUT2D eigenvalue weighted by atomic mass is 9.71. The molecule has 2 aliphatic rings. The van der Waals surface area contributed by atoms with Crippen LogP contribution in [-0.2, 0) is 16.0 Å². The third-order valence-electron chi connectivity index (χ3n) is 4.19. The molecule has 2 N–H and O–H groups in total. The van der Waals surface area contributed by atoms with E-state index in [9.17, 15) is 4.79 Å². The normalized spacial score (nSPS) is 30.5. The fourth-order valence-corrected chi connectivity index (χ4v) is 3.89. The van der Waals surface area contributed by atoms with Gasteiger partial charge in [-0.15, -0.1) is 0 Å². The Hall–Kier alpha value is -1.11. The molecule has 1 saturated carbocycles. The van der Waals surface area contributed by atoms with Gasteiger partial charge in [-0.2, -0.15) is 11.3 Å². The van der Waals surface area contributed by atoms with Gasteiger partial charge in [0, 0.05) is 19.1 Å². The fraction of sp³-hybridized carbons (Fsp3) is 0.688. The molecule has 4 unspecified atom stereocenters. The van der Waals surface area contributed by atoms with Gasteiger partial charge in [-0.05, 0) is 49.6 Å². The van der Waals surface area contributed by atoms with Gasteiger partial charge in [0.15, 0.2) is 0 Å². The Labute approximate surface area is 135 Å². The van der Waals surface area contributed by atoms with Crippen molar-refractivity contribution >= 4 is 17.4 Å². The zero-order valence-electron chi connectivity index (χ0n) is 13.3. The van der Waals surface area contributed by atoms with E-state index < -0.39 is 5.60 Å². The molecule has 1 saturated heterocycles. The predicted molar refractivity (Wildman–Crippen MR) is 86.0 cm³/mol. The summed E-state index contributed by atoms with van der Waals surface area (Å²) in [7, 11) is 0. The largest absolute Gasteiger partial charge is 0.444 e. The molecular weight excluding hydrogens is 300 g/mol. The molecule has 5 nitrogen and oxygen atoms in total. The summed E-state index contributed by atoms with van der Waals surface area (Å²) in [5, 5.41) is 10.8. The van der Waals surface area contributed by atoms with Crippen LogP contribution >= 0.6 is 11.3 Å². The average molecular weight is 324 g/mol. The molecule has 1 aliphatic carbocycles. The van der Waals surface area contributed by atoms with Crippen LogP contribution in [0.25, 0.3) is 0 Å². The third kappa shape index (κ3) is 3.45. The van der Waals surface area contributed by atoms with Crippen LogP contribution in [0.4, 0.5) is 4.79 Å². The molecule has 6 heteroatoms. The maximum atomic E-state index is 12.0. The molecular formula is C16H24N2O3S. The number of alkyl carbamates (subject to hydrolysis) is 1. The summed E-state index contributed by atoms with van der Waals surface area (Å²) in [5.74, 6) is 0.396. The minimum absolute atomic E-state index is 0.0842. The van der Waals surface area contributed by atoms with Crippen LogP contribution in [0.2, 0.25) is 0 Å². The van der Waals surface area contributed by atoms with Gasteiger partial charge in [0.25, 0.3) is 0 Å². The van der Waals surface area contributed by atoms with Crippen molar-refractivity contribution in [3.8, 4) is 0 Å². The molecule has 2 fully saturated rings. The van der Waals surface area contributed by atoms with Crippen molar-refractivity contribution in [2.45, 2.75) is 57.5 Å². The highest BCUT2D eigenvalue weighted by molar-refractivity contribution is 7.07. The van der Waals surface area contributed by atoms with Crippen molar-refractivity contribution in [2.75, 3.05) is 6.61 Å². The second kappa shape index (κ2) is 6.18. The lowest BCUT2D eigenvalue weighted by Gasteiger charge is -2.48. The highest BCUT2D eigenvalue weighted by Gasteiger charge is 2.54. The first-order chi connectivity index (χ1) is 10.4. The van der Waals surface area contributed by atoms with Crippen molar-refractivity contribution in [3.05, 3.63) is 22.4 Å². The van der Waals surface area contributed by atoms with Crippen molar-refractivity contribution in [1.29, 1.82) is 0 Å². The lowest BCUT2D eigenvalue weighted by Crippen LogP contribution is -2.70. The summed E-state index contributed by atoms with van der Waals surface area (Å²) in [6, 6.07) is 2.35. The minimum atomic E-state index is -0.473. The molecule has 122 valence electrons. The predicted octanol–water partition coefficient (Wildman–Crippen LogP) is 2.52. The summed E-state index contributed by atoms with van der Waals surface area (Å²) in [4.78, 5) is 12.0. The molecule has 1 aromatic rings. The van der Waals surface area contributed by atoms with E-state index in [4.69, 9.17) is 9.47 Å². The maximum Gasteiger partial charge on any atom is 0.407 e. The van der Waals surface area contributed by atoms with E-state index in [1.807, 2.05) is 20.8 Å². The topological polar surface area (TPSA) is 59.6 Å². The smallest absolute Gasteiger partial charge is 0.407 e. The molecule has 1 aromatic heterocycles. The maximum absolute atomic E-state index is 12.0. The van der Waals surface area contributed by atoms with Gasteiger partial charge in [0.2, 0.25) is 0 Å². The van der Waals surface area contributed by atoms with E-state index in [0.29, 0.717) is 5.92 Å². The quantitative estimate of drug-likeness (QED) is 0.893. The monoisotopic (exact) mass is 324 g/mol. The highest BCUT2D eigenvalue weighted by Crippen LogP contribution is 2.39. The van der Waals surface area contributed by atoms with Crippen LogP contribution < -0.4 is 10.6 Å². The Morgan fingerprint density at radius 1 is 1.45 bits per heavy atom. The van der Waals surface area contributed by atoms with Gasteiger partial charge in [-0.1, -0.05) is 0 Å². The first-order valence-corrected chi connectivity index (χ1v) is 8.74. The standard InChI is InChI=1S/C16H24N2O3S/c1-16(2,3)21-15(19)18-12-11-4-6-20-14(11)13(12)17-8-10-5-7-22-9-10/h5,7,9,11-14,17H,4,6,8H2,1-3H3,(H,18,19). The second-order valence-corrected chi connectivity index (χ2v) is 7.78. The number of rotatable bonds is 4. The summed E-state index contributed by atoms with van der Waals surface area (Å²) < 4.78 is 11.2. The Kier molecular flexibility index (Phi) is 4.43. The van der Waals surface area contributed by atoms with E-state index in [2.05, 4.69) is 27.5 Å². The number of hydrogen-bond donors (Lipinski definition) is 2. The molecule has 0 bridgehead atoms. The number of hydrogen-bond acceptors (Lipinski definition) is 5. The van der Waals surface area contributed by atoms with Crippen molar-refractivity contribution in [2.24, 2.45) is 5.92 Å². The van der Waals surface area contributed by atoms with E-state index >= 15 is 0 Å². The Morgan fingerprint density at radius 2 is 2.27 bits per heavy atom. The van der Waals surface area contributed by atoms with E-state index in [-0.39, 0.29) is 24.3 Å². The van der Waals surface area contributed by atoms with Gasteiger partial charge >= 0.3 is 6.09 Å². The third-order valence-corrected chi connectivity index (χ3v) is 4.92. The van der Waals surface area contributed by atoms with Crippen LogP contribution in [0, 0.1) is 5.92 Å². The van der Waals surface area contributed by atoms with Gasteiger partial charge in [0.05, 0.1) is 18.2 Å². The molecule has 1 aliphatic heterocycles.